The molecule has 0 aliphatic rings. The molecule has 0 spiro atoms. The number of carbonyl (C=O) groups excluding carboxylic acids is 4. The van der Waals surface area contributed by atoms with Gasteiger partial charge in [0.05, 0.1) is 0 Å². The Hall–Kier alpha value is -2.94. The standard InChI is InChI=1S/C23H33NO8/c1-6-8-21(26)31-19-11-10-17(13-20(19)32-22(27)9-7-2)12-18(24)23(28)30-15(4)14(3)29-16(5)25/h10-11,13-15,18H,6-9,12,24H2,1-5H3/t14-,15-,18-/m0/s1. The molecule has 3 atom stereocenters. The van der Waals surface area contributed by atoms with Gasteiger partial charge >= 0.3 is 23.9 Å². The monoisotopic (exact) mass is 451 g/mol. The van der Waals surface area contributed by atoms with Crippen LogP contribution in [0.4, 0.5) is 0 Å². The van der Waals surface area contributed by atoms with Crippen molar-refractivity contribution in [1.82, 2.24) is 0 Å². The number of rotatable bonds is 12. The highest BCUT2D eigenvalue weighted by atomic mass is 16.6. The van der Waals surface area contributed by atoms with Crippen LogP contribution in [0, 0.1) is 0 Å². The number of hydrogen-bond donors (Lipinski definition) is 1. The fourth-order valence-corrected chi connectivity index (χ4v) is 2.66. The van der Waals surface area contributed by atoms with Crippen molar-refractivity contribution in [2.24, 2.45) is 5.73 Å². The second-order valence-corrected chi connectivity index (χ2v) is 7.50. The molecular weight excluding hydrogens is 418 g/mol. The lowest BCUT2D eigenvalue weighted by atomic mass is 10.1. The molecule has 2 N–H and O–H groups in total. The van der Waals surface area contributed by atoms with Gasteiger partial charge in [0.15, 0.2) is 11.5 Å². The summed E-state index contributed by atoms with van der Waals surface area (Å²) in [5, 5.41) is 0. The molecule has 1 aromatic rings. The summed E-state index contributed by atoms with van der Waals surface area (Å²) in [6.45, 7) is 8.17. The first-order valence-electron chi connectivity index (χ1n) is 10.7. The van der Waals surface area contributed by atoms with Gasteiger partial charge in [0.1, 0.15) is 18.2 Å². The van der Waals surface area contributed by atoms with Crippen molar-refractivity contribution in [3.8, 4) is 11.5 Å². The lowest BCUT2D eigenvalue weighted by molar-refractivity contribution is -0.164. The van der Waals surface area contributed by atoms with Gasteiger partial charge in [0.2, 0.25) is 0 Å². The molecule has 0 bridgehead atoms. The van der Waals surface area contributed by atoms with Crippen LogP contribution in [-0.4, -0.2) is 42.1 Å². The molecule has 32 heavy (non-hydrogen) atoms. The minimum atomic E-state index is -1.00. The molecule has 0 fully saturated rings. The predicted molar refractivity (Wildman–Crippen MR) is 116 cm³/mol. The molecule has 0 saturated carbocycles. The first-order valence-corrected chi connectivity index (χ1v) is 10.7. The van der Waals surface area contributed by atoms with E-state index in [2.05, 4.69) is 0 Å². The van der Waals surface area contributed by atoms with Crippen molar-refractivity contribution in [1.29, 1.82) is 0 Å². The fourth-order valence-electron chi connectivity index (χ4n) is 2.66. The van der Waals surface area contributed by atoms with Gasteiger partial charge in [-0.3, -0.25) is 19.2 Å². The summed E-state index contributed by atoms with van der Waals surface area (Å²) < 4.78 is 20.9. The molecule has 0 unspecified atom stereocenters. The third kappa shape index (κ3) is 9.47. The average Bonchev–Trinajstić information content (AvgIpc) is 2.69. The molecule has 9 heteroatoms. The number of esters is 4. The first kappa shape index (κ1) is 27.1. The van der Waals surface area contributed by atoms with E-state index in [-0.39, 0.29) is 30.8 Å². The van der Waals surface area contributed by atoms with Crippen molar-refractivity contribution >= 4 is 23.9 Å². The van der Waals surface area contributed by atoms with Crippen LogP contribution in [0.5, 0.6) is 11.5 Å². The van der Waals surface area contributed by atoms with Gasteiger partial charge in [0.25, 0.3) is 0 Å². The van der Waals surface area contributed by atoms with Crippen molar-refractivity contribution < 1.29 is 38.1 Å². The maximum Gasteiger partial charge on any atom is 0.323 e. The summed E-state index contributed by atoms with van der Waals surface area (Å²) in [6.07, 6.45) is 0.447. The maximum atomic E-state index is 12.3. The zero-order chi connectivity index (χ0) is 24.3. The molecule has 1 aromatic carbocycles. The van der Waals surface area contributed by atoms with E-state index in [1.807, 2.05) is 13.8 Å². The molecule has 9 nitrogen and oxygen atoms in total. The van der Waals surface area contributed by atoms with Crippen molar-refractivity contribution in [2.75, 3.05) is 0 Å². The molecule has 0 saturated heterocycles. The number of hydrogen-bond acceptors (Lipinski definition) is 9. The van der Waals surface area contributed by atoms with Gasteiger partial charge in [-0.2, -0.15) is 0 Å². The number of ether oxygens (including phenoxy) is 4. The molecule has 178 valence electrons. The minimum absolute atomic E-state index is 0.0859. The summed E-state index contributed by atoms with van der Waals surface area (Å²) in [7, 11) is 0. The summed E-state index contributed by atoms with van der Waals surface area (Å²) in [4.78, 5) is 47.2. The Balaban J connectivity index is 2.91. The molecule has 0 heterocycles. The molecule has 0 radical (unpaired) electrons. The molecule has 0 aliphatic heterocycles. The zero-order valence-electron chi connectivity index (χ0n) is 19.3. The van der Waals surface area contributed by atoms with Crippen molar-refractivity contribution in [2.45, 2.75) is 85.0 Å². The first-order chi connectivity index (χ1) is 15.1. The van der Waals surface area contributed by atoms with Crippen LogP contribution in [-0.2, 0) is 35.1 Å². The van der Waals surface area contributed by atoms with Crippen LogP contribution >= 0.6 is 0 Å². The predicted octanol–water partition coefficient (Wildman–Crippen LogP) is 2.85. The molecule has 0 amide bonds. The summed E-state index contributed by atoms with van der Waals surface area (Å²) in [5.41, 5.74) is 6.57. The molecule has 0 aromatic heterocycles. The third-order valence-electron chi connectivity index (χ3n) is 4.44. The normalized spacial score (nSPS) is 13.4. The smallest absolute Gasteiger partial charge is 0.323 e. The van der Waals surface area contributed by atoms with E-state index >= 15 is 0 Å². The van der Waals surface area contributed by atoms with Gasteiger partial charge < -0.3 is 24.7 Å². The lowest BCUT2D eigenvalue weighted by Crippen LogP contribution is -2.39. The Morgan fingerprint density at radius 1 is 0.875 bits per heavy atom. The molecular formula is C23H33NO8. The number of nitrogens with two attached hydrogens (primary N) is 1. The highest BCUT2D eigenvalue weighted by Crippen LogP contribution is 2.30. The zero-order valence-corrected chi connectivity index (χ0v) is 19.3. The van der Waals surface area contributed by atoms with E-state index < -0.39 is 42.1 Å². The van der Waals surface area contributed by atoms with Gasteiger partial charge in [-0.15, -0.1) is 0 Å². The van der Waals surface area contributed by atoms with Crippen LogP contribution in [0.2, 0.25) is 0 Å². The van der Waals surface area contributed by atoms with Crippen molar-refractivity contribution in [3.05, 3.63) is 23.8 Å². The summed E-state index contributed by atoms with van der Waals surface area (Å²) in [6, 6.07) is 3.64. The van der Waals surface area contributed by atoms with Crippen LogP contribution in [0.1, 0.15) is 65.9 Å². The lowest BCUT2D eigenvalue weighted by Gasteiger charge is -2.22. The van der Waals surface area contributed by atoms with Crippen LogP contribution in [0.3, 0.4) is 0 Å². The topological polar surface area (TPSA) is 131 Å². The van der Waals surface area contributed by atoms with E-state index in [0.29, 0.717) is 18.4 Å². The maximum absolute atomic E-state index is 12.3. The molecule has 0 aliphatic carbocycles. The van der Waals surface area contributed by atoms with Gasteiger partial charge in [-0.25, -0.2) is 0 Å². The number of benzene rings is 1. The summed E-state index contributed by atoms with van der Waals surface area (Å²) in [5.74, 6) is -1.84. The van der Waals surface area contributed by atoms with Crippen LogP contribution < -0.4 is 15.2 Å². The highest BCUT2D eigenvalue weighted by molar-refractivity contribution is 5.77. The molecule has 1 rings (SSSR count). The van der Waals surface area contributed by atoms with E-state index in [4.69, 9.17) is 24.7 Å². The van der Waals surface area contributed by atoms with Crippen LogP contribution in [0.25, 0.3) is 0 Å². The van der Waals surface area contributed by atoms with E-state index in [1.165, 1.54) is 19.1 Å². The van der Waals surface area contributed by atoms with Gasteiger partial charge in [-0.1, -0.05) is 19.9 Å². The quantitative estimate of drug-likeness (QED) is 0.376. The Labute approximate surface area is 188 Å². The van der Waals surface area contributed by atoms with E-state index in [0.717, 1.165) is 0 Å². The summed E-state index contributed by atoms with van der Waals surface area (Å²) >= 11 is 0. The second kappa shape index (κ2) is 13.5. The van der Waals surface area contributed by atoms with E-state index in [1.54, 1.807) is 19.9 Å². The Morgan fingerprint density at radius 3 is 1.94 bits per heavy atom. The van der Waals surface area contributed by atoms with Crippen molar-refractivity contribution in [3.63, 3.8) is 0 Å². The van der Waals surface area contributed by atoms with Gasteiger partial charge in [0, 0.05) is 19.8 Å². The van der Waals surface area contributed by atoms with E-state index in [9.17, 15) is 19.2 Å². The van der Waals surface area contributed by atoms with Gasteiger partial charge in [-0.05, 0) is 50.8 Å². The second-order valence-electron chi connectivity index (χ2n) is 7.50. The Morgan fingerprint density at radius 2 is 1.41 bits per heavy atom. The average molecular weight is 452 g/mol. The highest BCUT2D eigenvalue weighted by Gasteiger charge is 2.24. The third-order valence-corrected chi connectivity index (χ3v) is 4.44. The largest absolute Gasteiger partial charge is 0.459 e. The Kier molecular flexibility index (Phi) is 11.4. The minimum Gasteiger partial charge on any atom is -0.459 e. The number of carbonyl (C=O) groups is 4. The SMILES string of the molecule is CCCC(=O)Oc1ccc(C[C@H](N)C(=O)O[C@@H](C)[C@H](C)OC(C)=O)cc1OC(=O)CCC. The Bertz CT molecular complexity index is 807. The van der Waals surface area contributed by atoms with Crippen LogP contribution in [0.15, 0.2) is 18.2 Å². The fraction of sp³-hybridized carbons (Fsp3) is 0.565.